The second-order valence-corrected chi connectivity index (χ2v) is 6.26. The van der Waals surface area contributed by atoms with Crippen LogP contribution in [0, 0.1) is 11.3 Å². The largest absolute Gasteiger partial charge is 0.245 e. The van der Waals surface area contributed by atoms with E-state index >= 15 is 0 Å². The SMILES string of the molecule is CC(C)(C)C(CBr)CSc1ccncn1. The number of aromatic nitrogens is 2. The summed E-state index contributed by atoms with van der Waals surface area (Å²) in [6.45, 7) is 6.83. The molecule has 1 heterocycles. The molecule has 0 aliphatic heterocycles. The van der Waals surface area contributed by atoms with E-state index in [9.17, 15) is 0 Å². The van der Waals surface area contributed by atoms with Crippen molar-refractivity contribution in [2.75, 3.05) is 11.1 Å². The van der Waals surface area contributed by atoms with Gasteiger partial charge in [0.15, 0.2) is 0 Å². The Morgan fingerprint density at radius 1 is 1.47 bits per heavy atom. The fourth-order valence-corrected chi connectivity index (χ4v) is 3.85. The van der Waals surface area contributed by atoms with E-state index in [-0.39, 0.29) is 0 Å². The molecule has 0 fully saturated rings. The zero-order chi connectivity index (χ0) is 11.3. The molecule has 1 rings (SSSR count). The highest BCUT2D eigenvalue weighted by atomic mass is 79.9. The molecule has 84 valence electrons. The normalized spacial score (nSPS) is 13.9. The molecule has 1 aromatic rings. The van der Waals surface area contributed by atoms with Crippen LogP contribution in [0.15, 0.2) is 23.6 Å². The van der Waals surface area contributed by atoms with Gasteiger partial charge in [0.05, 0.1) is 5.03 Å². The first-order valence-corrected chi connectivity index (χ1v) is 7.09. The van der Waals surface area contributed by atoms with Gasteiger partial charge in [-0.2, -0.15) is 0 Å². The van der Waals surface area contributed by atoms with Crippen LogP contribution in [0.25, 0.3) is 0 Å². The fraction of sp³-hybridized carbons (Fsp3) is 0.636. The quantitative estimate of drug-likeness (QED) is 0.481. The zero-order valence-electron chi connectivity index (χ0n) is 9.40. The summed E-state index contributed by atoms with van der Waals surface area (Å²) in [5, 5.41) is 2.09. The fourth-order valence-electron chi connectivity index (χ4n) is 1.08. The van der Waals surface area contributed by atoms with Crippen molar-refractivity contribution in [2.24, 2.45) is 11.3 Å². The monoisotopic (exact) mass is 288 g/mol. The van der Waals surface area contributed by atoms with Crippen molar-refractivity contribution in [1.29, 1.82) is 0 Å². The van der Waals surface area contributed by atoms with E-state index in [1.807, 2.05) is 6.07 Å². The number of alkyl halides is 1. The first-order valence-electron chi connectivity index (χ1n) is 4.99. The lowest BCUT2D eigenvalue weighted by atomic mass is 9.83. The number of nitrogens with zero attached hydrogens (tertiary/aromatic N) is 2. The third-order valence-electron chi connectivity index (χ3n) is 2.40. The molecular formula is C11H17BrN2S. The Hall–Kier alpha value is -0.0900. The molecule has 0 saturated carbocycles. The third-order valence-corrected chi connectivity index (χ3v) is 4.29. The summed E-state index contributed by atoms with van der Waals surface area (Å²) in [5.41, 5.74) is 0.337. The van der Waals surface area contributed by atoms with Crippen LogP contribution in [0.4, 0.5) is 0 Å². The van der Waals surface area contributed by atoms with Crippen molar-refractivity contribution in [3.8, 4) is 0 Å². The van der Waals surface area contributed by atoms with Gasteiger partial charge in [-0.3, -0.25) is 0 Å². The molecule has 0 amide bonds. The van der Waals surface area contributed by atoms with Crippen molar-refractivity contribution < 1.29 is 0 Å². The molecule has 0 bridgehead atoms. The summed E-state index contributed by atoms with van der Waals surface area (Å²) < 4.78 is 0. The van der Waals surface area contributed by atoms with Gasteiger partial charge in [-0.1, -0.05) is 36.7 Å². The van der Waals surface area contributed by atoms with E-state index in [2.05, 4.69) is 46.7 Å². The van der Waals surface area contributed by atoms with Crippen LogP contribution in [0.2, 0.25) is 0 Å². The van der Waals surface area contributed by atoms with E-state index in [4.69, 9.17) is 0 Å². The predicted octanol–water partition coefficient (Wildman–Crippen LogP) is 3.63. The van der Waals surface area contributed by atoms with E-state index in [1.165, 1.54) is 0 Å². The van der Waals surface area contributed by atoms with Crippen LogP contribution in [0.3, 0.4) is 0 Å². The number of halogens is 1. The molecule has 0 aliphatic rings. The minimum absolute atomic E-state index is 0.337. The van der Waals surface area contributed by atoms with Gasteiger partial charge in [0.25, 0.3) is 0 Å². The lowest BCUT2D eigenvalue weighted by Crippen LogP contribution is -2.24. The summed E-state index contributed by atoms with van der Waals surface area (Å²) >= 11 is 5.38. The van der Waals surface area contributed by atoms with Gasteiger partial charge in [-0.25, -0.2) is 9.97 Å². The Bertz CT molecular complexity index is 284. The molecule has 0 aromatic carbocycles. The van der Waals surface area contributed by atoms with Gasteiger partial charge in [0.1, 0.15) is 6.33 Å². The smallest absolute Gasteiger partial charge is 0.116 e. The average Bonchev–Trinajstić information content (AvgIpc) is 2.18. The Balaban J connectivity index is 2.49. The molecule has 2 nitrogen and oxygen atoms in total. The maximum atomic E-state index is 4.20. The summed E-state index contributed by atoms with van der Waals surface area (Å²) in [5.74, 6) is 1.74. The van der Waals surface area contributed by atoms with Crippen LogP contribution < -0.4 is 0 Å². The molecular weight excluding hydrogens is 272 g/mol. The van der Waals surface area contributed by atoms with Crippen LogP contribution in [-0.4, -0.2) is 21.1 Å². The Labute approximate surface area is 104 Å². The van der Waals surface area contributed by atoms with Crippen molar-refractivity contribution in [2.45, 2.75) is 25.8 Å². The van der Waals surface area contributed by atoms with Gasteiger partial charge >= 0.3 is 0 Å². The second-order valence-electron chi connectivity index (χ2n) is 4.58. The number of thioether (sulfide) groups is 1. The number of hydrogen-bond donors (Lipinski definition) is 0. The highest BCUT2D eigenvalue weighted by Crippen LogP contribution is 2.32. The summed E-state index contributed by atoms with van der Waals surface area (Å²) in [6.07, 6.45) is 3.39. The average molecular weight is 289 g/mol. The molecule has 1 atom stereocenters. The van der Waals surface area contributed by atoms with Crippen molar-refractivity contribution in [3.05, 3.63) is 18.6 Å². The Morgan fingerprint density at radius 2 is 2.20 bits per heavy atom. The van der Waals surface area contributed by atoms with E-state index in [0.717, 1.165) is 16.1 Å². The molecule has 15 heavy (non-hydrogen) atoms. The molecule has 0 N–H and O–H groups in total. The second kappa shape index (κ2) is 5.85. The van der Waals surface area contributed by atoms with Crippen LogP contribution in [0.5, 0.6) is 0 Å². The highest BCUT2D eigenvalue weighted by Gasteiger charge is 2.23. The lowest BCUT2D eigenvalue weighted by molar-refractivity contribution is 0.295. The van der Waals surface area contributed by atoms with Crippen molar-refractivity contribution in [1.82, 2.24) is 9.97 Å². The van der Waals surface area contributed by atoms with Gasteiger partial charge in [0.2, 0.25) is 0 Å². The third kappa shape index (κ3) is 4.51. The maximum absolute atomic E-state index is 4.20. The van der Waals surface area contributed by atoms with Gasteiger partial charge in [0, 0.05) is 17.3 Å². The highest BCUT2D eigenvalue weighted by molar-refractivity contribution is 9.09. The Kier molecular flexibility index (Phi) is 5.06. The van der Waals surface area contributed by atoms with E-state index < -0.39 is 0 Å². The number of rotatable bonds is 4. The lowest BCUT2D eigenvalue weighted by Gasteiger charge is -2.28. The maximum Gasteiger partial charge on any atom is 0.116 e. The predicted molar refractivity (Wildman–Crippen MR) is 69.5 cm³/mol. The standard InChI is InChI=1S/C11H17BrN2S/c1-11(2,3)9(6-12)7-15-10-4-5-13-8-14-10/h4-5,8-9H,6-7H2,1-3H3. The van der Waals surface area contributed by atoms with Crippen LogP contribution in [-0.2, 0) is 0 Å². The van der Waals surface area contributed by atoms with Gasteiger partial charge in [-0.15, -0.1) is 11.8 Å². The Morgan fingerprint density at radius 3 is 2.67 bits per heavy atom. The minimum Gasteiger partial charge on any atom is -0.245 e. The minimum atomic E-state index is 0.337. The first kappa shape index (κ1) is 13.0. The van der Waals surface area contributed by atoms with Crippen molar-refractivity contribution >= 4 is 27.7 Å². The zero-order valence-corrected chi connectivity index (χ0v) is 11.8. The summed E-state index contributed by atoms with van der Waals surface area (Å²) in [7, 11) is 0. The molecule has 0 saturated heterocycles. The molecule has 4 heteroatoms. The summed E-state index contributed by atoms with van der Waals surface area (Å²) in [6, 6.07) is 1.96. The van der Waals surface area contributed by atoms with E-state index in [1.54, 1.807) is 24.3 Å². The van der Waals surface area contributed by atoms with Crippen LogP contribution >= 0.6 is 27.7 Å². The van der Waals surface area contributed by atoms with Crippen LogP contribution in [0.1, 0.15) is 20.8 Å². The van der Waals surface area contributed by atoms with Gasteiger partial charge < -0.3 is 0 Å². The summed E-state index contributed by atoms with van der Waals surface area (Å²) in [4.78, 5) is 8.11. The molecule has 0 aliphatic carbocycles. The van der Waals surface area contributed by atoms with Crippen molar-refractivity contribution in [3.63, 3.8) is 0 Å². The number of hydrogen-bond acceptors (Lipinski definition) is 3. The van der Waals surface area contributed by atoms with Gasteiger partial charge in [-0.05, 0) is 17.4 Å². The molecule has 1 aromatic heterocycles. The molecule has 0 radical (unpaired) electrons. The molecule has 0 spiro atoms. The van der Waals surface area contributed by atoms with E-state index in [0.29, 0.717) is 11.3 Å². The first-order chi connectivity index (χ1) is 7.04. The topological polar surface area (TPSA) is 25.8 Å². The molecule has 1 unspecified atom stereocenters.